The third-order valence-electron chi connectivity index (χ3n) is 3.94. The fraction of sp³-hybridized carbons (Fsp3) is 0.562. The van der Waals surface area contributed by atoms with Crippen molar-refractivity contribution in [2.45, 2.75) is 31.3 Å². The lowest BCUT2D eigenvalue weighted by atomic mass is 10.1. The number of carbonyl (C=O) groups excluding carboxylic acids is 1. The maximum atomic E-state index is 13.3. The summed E-state index contributed by atoms with van der Waals surface area (Å²) in [5.74, 6) is -0.196. The van der Waals surface area contributed by atoms with Crippen LogP contribution in [-0.2, 0) is 4.79 Å². The molecule has 1 aliphatic heterocycles. The van der Waals surface area contributed by atoms with Crippen molar-refractivity contribution >= 4 is 30.7 Å². The molecule has 2 rings (SSSR count). The van der Waals surface area contributed by atoms with Gasteiger partial charge in [-0.2, -0.15) is 0 Å². The highest BCUT2D eigenvalue weighted by Gasteiger charge is 2.19. The van der Waals surface area contributed by atoms with Crippen molar-refractivity contribution in [1.29, 1.82) is 0 Å². The number of hydrogen-bond acceptors (Lipinski definition) is 3. The van der Waals surface area contributed by atoms with Crippen molar-refractivity contribution in [2.75, 3.05) is 27.2 Å². The summed E-state index contributed by atoms with van der Waals surface area (Å²) in [6.07, 6.45) is 2.72. The van der Waals surface area contributed by atoms with Crippen LogP contribution in [0.15, 0.2) is 24.3 Å². The Morgan fingerprint density at radius 3 is 2.74 bits per heavy atom. The number of halogens is 3. The van der Waals surface area contributed by atoms with E-state index in [1.165, 1.54) is 12.1 Å². The predicted molar refractivity (Wildman–Crippen MR) is 96.0 cm³/mol. The zero-order valence-corrected chi connectivity index (χ0v) is 15.2. The Morgan fingerprint density at radius 2 is 2.17 bits per heavy atom. The molecule has 23 heavy (non-hydrogen) atoms. The van der Waals surface area contributed by atoms with Gasteiger partial charge in [0.05, 0.1) is 6.04 Å². The zero-order valence-electron chi connectivity index (χ0n) is 13.5. The first-order valence-corrected chi connectivity index (χ1v) is 7.48. The van der Waals surface area contributed by atoms with Crippen LogP contribution in [0, 0.1) is 5.82 Å². The van der Waals surface area contributed by atoms with Crippen molar-refractivity contribution in [3.05, 3.63) is 35.6 Å². The fourth-order valence-corrected chi connectivity index (χ4v) is 2.75. The minimum atomic E-state index is -0.249. The van der Waals surface area contributed by atoms with Gasteiger partial charge in [0.15, 0.2) is 0 Å². The molecule has 132 valence electrons. The molecule has 0 radical (unpaired) electrons. The van der Waals surface area contributed by atoms with Crippen LogP contribution in [0.1, 0.15) is 30.9 Å². The normalized spacial score (nSPS) is 18.0. The van der Waals surface area contributed by atoms with Crippen LogP contribution in [0.5, 0.6) is 0 Å². The minimum absolute atomic E-state index is 0. The lowest BCUT2D eigenvalue weighted by Gasteiger charge is -2.25. The van der Waals surface area contributed by atoms with Gasteiger partial charge in [-0.1, -0.05) is 12.1 Å². The van der Waals surface area contributed by atoms with E-state index < -0.39 is 0 Å². The minimum Gasteiger partial charge on any atom is -0.354 e. The maximum absolute atomic E-state index is 13.3. The van der Waals surface area contributed by atoms with Gasteiger partial charge in [0, 0.05) is 19.0 Å². The molecular formula is C16H26Cl2FN3O. The number of nitrogens with zero attached hydrogens (tertiary/aromatic N) is 1. The van der Waals surface area contributed by atoms with Gasteiger partial charge in [-0.25, -0.2) is 4.39 Å². The van der Waals surface area contributed by atoms with E-state index in [1.54, 1.807) is 6.07 Å². The average Bonchev–Trinajstić information content (AvgIpc) is 2.91. The molecule has 7 heteroatoms. The number of rotatable bonds is 6. The van der Waals surface area contributed by atoms with Crippen LogP contribution in [0.4, 0.5) is 4.39 Å². The molecule has 1 heterocycles. The van der Waals surface area contributed by atoms with E-state index in [-0.39, 0.29) is 42.6 Å². The van der Waals surface area contributed by atoms with Crippen LogP contribution in [-0.4, -0.2) is 44.0 Å². The molecule has 2 N–H and O–H groups in total. The van der Waals surface area contributed by atoms with Crippen LogP contribution < -0.4 is 10.6 Å². The standard InChI is InChI=1S/C16H24FN3O.2ClH/c1-20(2)15(12-5-3-6-13(17)9-12)11-19-16(21)10-14-7-4-8-18-14;;/h3,5-6,9,14-15,18H,4,7-8,10-11H2,1-2H3,(H,19,21);2*1H. The molecule has 0 bridgehead atoms. The van der Waals surface area contributed by atoms with E-state index in [1.807, 2.05) is 25.1 Å². The molecule has 1 amide bonds. The lowest BCUT2D eigenvalue weighted by Crippen LogP contribution is -2.37. The number of amides is 1. The fourth-order valence-electron chi connectivity index (χ4n) is 2.75. The van der Waals surface area contributed by atoms with Crippen molar-refractivity contribution < 1.29 is 9.18 Å². The monoisotopic (exact) mass is 365 g/mol. The van der Waals surface area contributed by atoms with Gasteiger partial charge in [-0.15, -0.1) is 24.8 Å². The van der Waals surface area contributed by atoms with E-state index in [2.05, 4.69) is 10.6 Å². The molecule has 2 unspecified atom stereocenters. The van der Waals surface area contributed by atoms with E-state index >= 15 is 0 Å². The predicted octanol–water partition coefficient (Wildman–Crippen LogP) is 2.53. The van der Waals surface area contributed by atoms with Crippen LogP contribution in [0.25, 0.3) is 0 Å². The Bertz CT molecular complexity index is 482. The van der Waals surface area contributed by atoms with Gasteiger partial charge in [0.2, 0.25) is 5.91 Å². The number of hydrogen-bond donors (Lipinski definition) is 2. The number of likely N-dealkylation sites (N-methyl/N-ethyl adjacent to an activating group) is 1. The van der Waals surface area contributed by atoms with Crippen molar-refractivity contribution in [1.82, 2.24) is 15.5 Å². The molecular weight excluding hydrogens is 340 g/mol. The molecule has 1 aliphatic rings. The Morgan fingerprint density at radius 1 is 1.43 bits per heavy atom. The average molecular weight is 366 g/mol. The maximum Gasteiger partial charge on any atom is 0.221 e. The third kappa shape index (κ3) is 7.04. The Balaban J connectivity index is 0.00000242. The molecule has 0 aromatic heterocycles. The summed E-state index contributed by atoms with van der Waals surface area (Å²) in [6, 6.07) is 6.82. The summed E-state index contributed by atoms with van der Waals surface area (Å²) in [4.78, 5) is 14.0. The van der Waals surface area contributed by atoms with Gasteiger partial charge in [-0.05, 0) is 51.2 Å². The van der Waals surface area contributed by atoms with Gasteiger partial charge in [-0.3, -0.25) is 4.79 Å². The second-order valence-electron chi connectivity index (χ2n) is 5.84. The van der Waals surface area contributed by atoms with Gasteiger partial charge in [0.1, 0.15) is 5.82 Å². The van der Waals surface area contributed by atoms with E-state index in [0.717, 1.165) is 24.9 Å². The molecule has 2 atom stereocenters. The van der Waals surface area contributed by atoms with Gasteiger partial charge < -0.3 is 15.5 Å². The van der Waals surface area contributed by atoms with Crippen molar-refractivity contribution in [3.63, 3.8) is 0 Å². The summed E-state index contributed by atoms with van der Waals surface area (Å²) in [6.45, 7) is 1.49. The van der Waals surface area contributed by atoms with Crippen molar-refractivity contribution in [2.24, 2.45) is 0 Å². The molecule has 0 spiro atoms. The van der Waals surface area contributed by atoms with E-state index in [9.17, 15) is 9.18 Å². The number of benzene rings is 1. The molecule has 4 nitrogen and oxygen atoms in total. The zero-order chi connectivity index (χ0) is 15.2. The summed E-state index contributed by atoms with van der Waals surface area (Å²) < 4.78 is 13.3. The number of nitrogens with one attached hydrogen (secondary N) is 2. The van der Waals surface area contributed by atoms with Crippen LogP contribution >= 0.6 is 24.8 Å². The Labute approximate surface area is 150 Å². The summed E-state index contributed by atoms with van der Waals surface area (Å²) >= 11 is 0. The molecule has 0 saturated carbocycles. The summed E-state index contributed by atoms with van der Waals surface area (Å²) in [7, 11) is 3.86. The highest BCUT2D eigenvalue weighted by Crippen LogP contribution is 2.18. The Hall–Kier alpha value is -0.880. The van der Waals surface area contributed by atoms with Crippen LogP contribution in [0.3, 0.4) is 0 Å². The first-order chi connectivity index (χ1) is 10.1. The molecule has 1 fully saturated rings. The van der Waals surface area contributed by atoms with Gasteiger partial charge in [0.25, 0.3) is 0 Å². The summed E-state index contributed by atoms with van der Waals surface area (Å²) in [5.41, 5.74) is 0.874. The van der Waals surface area contributed by atoms with E-state index in [4.69, 9.17) is 0 Å². The second kappa shape index (κ2) is 10.8. The first kappa shape index (κ1) is 22.1. The SMILES string of the molecule is CN(C)C(CNC(=O)CC1CCCN1)c1cccc(F)c1.Cl.Cl. The number of carbonyl (C=O) groups is 1. The molecule has 1 saturated heterocycles. The highest BCUT2D eigenvalue weighted by atomic mass is 35.5. The third-order valence-corrected chi connectivity index (χ3v) is 3.94. The Kier molecular flexibility index (Phi) is 10.4. The largest absolute Gasteiger partial charge is 0.354 e. The van der Waals surface area contributed by atoms with Gasteiger partial charge >= 0.3 is 0 Å². The molecule has 1 aromatic rings. The highest BCUT2D eigenvalue weighted by molar-refractivity contribution is 5.85. The van der Waals surface area contributed by atoms with Crippen molar-refractivity contribution in [3.8, 4) is 0 Å². The first-order valence-electron chi connectivity index (χ1n) is 7.48. The molecule has 1 aromatic carbocycles. The quantitative estimate of drug-likeness (QED) is 0.813. The second-order valence-corrected chi connectivity index (χ2v) is 5.84. The van der Waals surface area contributed by atoms with E-state index in [0.29, 0.717) is 19.0 Å². The van der Waals surface area contributed by atoms with Crippen LogP contribution in [0.2, 0.25) is 0 Å². The topological polar surface area (TPSA) is 44.4 Å². The molecule has 0 aliphatic carbocycles. The lowest BCUT2D eigenvalue weighted by molar-refractivity contribution is -0.121. The summed E-state index contributed by atoms with van der Waals surface area (Å²) in [5, 5.41) is 6.28. The smallest absolute Gasteiger partial charge is 0.221 e.